The fraction of sp³-hybridized carbons (Fsp3) is 0.571. The van der Waals surface area contributed by atoms with Crippen molar-refractivity contribution in [3.63, 3.8) is 0 Å². The van der Waals surface area contributed by atoms with Gasteiger partial charge in [-0.2, -0.15) is 0 Å². The van der Waals surface area contributed by atoms with Gasteiger partial charge in [0.1, 0.15) is 5.75 Å². The van der Waals surface area contributed by atoms with Crippen molar-refractivity contribution in [1.82, 2.24) is 14.9 Å². The van der Waals surface area contributed by atoms with E-state index in [0.29, 0.717) is 22.8 Å². The average molecular weight is 313 g/mol. The van der Waals surface area contributed by atoms with Gasteiger partial charge in [-0.15, -0.1) is 0 Å². The minimum Gasteiger partial charge on any atom is -0.497 e. The maximum atomic E-state index is 12.3. The number of nitrogens with one attached hydrogen (secondary N) is 2. The van der Waals surface area contributed by atoms with Crippen molar-refractivity contribution in [2.45, 2.75) is 11.8 Å². The number of ether oxygens (including phenoxy) is 1. The van der Waals surface area contributed by atoms with Crippen LogP contribution in [-0.4, -0.2) is 59.7 Å². The fourth-order valence-corrected chi connectivity index (χ4v) is 3.65. The van der Waals surface area contributed by atoms with Crippen molar-refractivity contribution in [2.24, 2.45) is 0 Å². The Morgan fingerprint density at radius 2 is 2.05 bits per heavy atom. The molecule has 1 heterocycles. The number of rotatable bonds is 6. The largest absolute Gasteiger partial charge is 0.497 e. The molecule has 1 aliphatic heterocycles. The second kappa shape index (κ2) is 7.22. The summed E-state index contributed by atoms with van der Waals surface area (Å²) >= 11 is 0. The normalized spacial score (nSPS) is 16.9. The molecule has 1 aromatic carbocycles. The van der Waals surface area contributed by atoms with Gasteiger partial charge in [-0.05, 0) is 30.7 Å². The van der Waals surface area contributed by atoms with Gasteiger partial charge in [-0.1, -0.05) is 0 Å². The predicted molar refractivity (Wildman–Crippen MR) is 82.2 cm³/mol. The molecule has 0 amide bonds. The van der Waals surface area contributed by atoms with E-state index in [-0.39, 0.29) is 0 Å². The van der Waals surface area contributed by atoms with Crippen LogP contribution >= 0.6 is 0 Å². The summed E-state index contributed by atoms with van der Waals surface area (Å²) in [7, 11) is -1.90. The minimum atomic E-state index is -3.46. The molecule has 7 heteroatoms. The van der Waals surface area contributed by atoms with Crippen LogP contribution in [0.1, 0.15) is 5.56 Å². The van der Waals surface area contributed by atoms with E-state index in [4.69, 9.17) is 4.74 Å². The lowest BCUT2D eigenvalue weighted by atomic mass is 10.2. The van der Waals surface area contributed by atoms with Gasteiger partial charge >= 0.3 is 0 Å². The first-order valence-electron chi connectivity index (χ1n) is 7.10. The van der Waals surface area contributed by atoms with Gasteiger partial charge < -0.3 is 10.1 Å². The summed E-state index contributed by atoms with van der Waals surface area (Å²) in [5, 5.41) is 3.27. The van der Waals surface area contributed by atoms with Crippen molar-refractivity contribution in [2.75, 3.05) is 46.4 Å². The number of methoxy groups -OCH3 is 1. The van der Waals surface area contributed by atoms with E-state index in [2.05, 4.69) is 14.9 Å². The highest BCUT2D eigenvalue weighted by Crippen LogP contribution is 2.20. The van der Waals surface area contributed by atoms with Crippen molar-refractivity contribution in [1.29, 1.82) is 0 Å². The molecule has 2 rings (SSSR count). The van der Waals surface area contributed by atoms with Gasteiger partial charge in [-0.3, -0.25) is 4.90 Å². The second-order valence-electron chi connectivity index (χ2n) is 5.12. The summed E-state index contributed by atoms with van der Waals surface area (Å²) in [6, 6.07) is 4.98. The van der Waals surface area contributed by atoms with Crippen molar-refractivity contribution >= 4 is 10.0 Å². The zero-order valence-electron chi connectivity index (χ0n) is 12.6. The summed E-state index contributed by atoms with van der Waals surface area (Å²) in [5.74, 6) is 0.660. The highest BCUT2D eigenvalue weighted by Gasteiger charge is 2.17. The molecule has 0 radical (unpaired) electrons. The zero-order chi connectivity index (χ0) is 15.3. The van der Waals surface area contributed by atoms with E-state index in [1.807, 2.05) is 0 Å². The van der Waals surface area contributed by atoms with E-state index < -0.39 is 10.0 Å². The lowest BCUT2D eigenvalue weighted by molar-refractivity contribution is 0.245. The Labute approximate surface area is 126 Å². The number of hydrogen-bond acceptors (Lipinski definition) is 5. The van der Waals surface area contributed by atoms with Crippen LogP contribution in [0.2, 0.25) is 0 Å². The topological polar surface area (TPSA) is 70.7 Å². The first-order valence-corrected chi connectivity index (χ1v) is 8.58. The standard InChI is InChI=1S/C14H23N3O3S/c1-12-11-13(20-2)3-4-14(12)21(18,19)16-7-10-17-8-5-15-6-9-17/h3-4,11,15-16H,5-10H2,1-2H3. The third-order valence-electron chi connectivity index (χ3n) is 3.60. The molecule has 118 valence electrons. The van der Waals surface area contributed by atoms with Crippen LogP contribution in [-0.2, 0) is 10.0 Å². The Bertz CT molecular complexity index is 569. The molecule has 0 aliphatic carbocycles. The third-order valence-corrected chi connectivity index (χ3v) is 5.22. The number of piperazine rings is 1. The molecule has 6 nitrogen and oxygen atoms in total. The Balaban J connectivity index is 1.94. The molecular formula is C14H23N3O3S. The number of hydrogen-bond donors (Lipinski definition) is 2. The van der Waals surface area contributed by atoms with Crippen LogP contribution in [0.25, 0.3) is 0 Å². The molecular weight excluding hydrogens is 290 g/mol. The van der Waals surface area contributed by atoms with Crippen LogP contribution in [0, 0.1) is 6.92 Å². The third kappa shape index (κ3) is 4.41. The molecule has 21 heavy (non-hydrogen) atoms. The van der Waals surface area contributed by atoms with Gasteiger partial charge in [0.2, 0.25) is 10.0 Å². The average Bonchev–Trinajstić information content (AvgIpc) is 2.47. The van der Waals surface area contributed by atoms with E-state index in [0.717, 1.165) is 32.7 Å². The molecule has 2 N–H and O–H groups in total. The van der Waals surface area contributed by atoms with Crippen LogP contribution in [0.4, 0.5) is 0 Å². The molecule has 0 aromatic heterocycles. The van der Waals surface area contributed by atoms with Crippen molar-refractivity contribution < 1.29 is 13.2 Å². The summed E-state index contributed by atoms with van der Waals surface area (Å²) < 4.78 is 32.4. The van der Waals surface area contributed by atoms with Crippen molar-refractivity contribution in [3.8, 4) is 5.75 Å². The summed E-state index contributed by atoms with van der Waals surface area (Å²) in [6.07, 6.45) is 0. The van der Waals surface area contributed by atoms with Gasteiger partial charge in [0, 0.05) is 39.3 Å². The summed E-state index contributed by atoms with van der Waals surface area (Å²) in [4.78, 5) is 2.56. The van der Waals surface area contributed by atoms with Gasteiger partial charge in [0.05, 0.1) is 12.0 Å². The zero-order valence-corrected chi connectivity index (χ0v) is 13.4. The molecule has 0 bridgehead atoms. The van der Waals surface area contributed by atoms with E-state index in [1.165, 1.54) is 0 Å². The molecule has 0 atom stereocenters. The second-order valence-corrected chi connectivity index (χ2v) is 6.86. The highest BCUT2D eigenvalue weighted by molar-refractivity contribution is 7.89. The SMILES string of the molecule is COc1ccc(S(=O)(=O)NCCN2CCNCC2)c(C)c1. The molecule has 1 saturated heterocycles. The molecule has 1 aliphatic rings. The van der Waals surface area contributed by atoms with Crippen LogP contribution in [0.15, 0.2) is 23.1 Å². The van der Waals surface area contributed by atoms with Crippen molar-refractivity contribution in [3.05, 3.63) is 23.8 Å². The smallest absolute Gasteiger partial charge is 0.240 e. The Morgan fingerprint density at radius 1 is 1.33 bits per heavy atom. The summed E-state index contributed by atoms with van der Waals surface area (Å²) in [5.41, 5.74) is 0.684. The van der Waals surface area contributed by atoms with E-state index >= 15 is 0 Å². The predicted octanol–water partition coefficient (Wildman–Crippen LogP) is 0.187. The quantitative estimate of drug-likeness (QED) is 0.784. The molecule has 0 spiro atoms. The minimum absolute atomic E-state index is 0.309. The molecule has 0 saturated carbocycles. The Morgan fingerprint density at radius 3 is 2.67 bits per heavy atom. The van der Waals surface area contributed by atoms with Crippen LogP contribution in [0.3, 0.4) is 0 Å². The monoisotopic (exact) mass is 313 g/mol. The fourth-order valence-electron chi connectivity index (χ4n) is 2.40. The van der Waals surface area contributed by atoms with Crippen LogP contribution in [0.5, 0.6) is 5.75 Å². The highest BCUT2D eigenvalue weighted by atomic mass is 32.2. The van der Waals surface area contributed by atoms with Gasteiger partial charge in [0.25, 0.3) is 0 Å². The number of aryl methyl sites for hydroxylation is 1. The first-order chi connectivity index (χ1) is 10.0. The number of sulfonamides is 1. The number of nitrogens with zero attached hydrogens (tertiary/aromatic N) is 1. The Hall–Kier alpha value is -1.15. The Kier molecular flexibility index (Phi) is 5.58. The first kappa shape index (κ1) is 16.2. The van der Waals surface area contributed by atoms with Gasteiger partial charge in [-0.25, -0.2) is 13.1 Å². The van der Waals surface area contributed by atoms with E-state index in [1.54, 1.807) is 32.2 Å². The lowest BCUT2D eigenvalue weighted by Crippen LogP contribution is -2.46. The van der Waals surface area contributed by atoms with Gasteiger partial charge in [0.15, 0.2) is 0 Å². The lowest BCUT2D eigenvalue weighted by Gasteiger charge is -2.27. The maximum Gasteiger partial charge on any atom is 0.240 e. The van der Waals surface area contributed by atoms with E-state index in [9.17, 15) is 8.42 Å². The maximum absolute atomic E-state index is 12.3. The summed E-state index contributed by atoms with van der Waals surface area (Å²) in [6.45, 7) is 6.78. The molecule has 0 unspecified atom stereocenters. The molecule has 1 fully saturated rings. The molecule has 1 aromatic rings. The number of benzene rings is 1. The van der Waals surface area contributed by atoms with Crippen LogP contribution < -0.4 is 14.8 Å².